The third kappa shape index (κ3) is 6.05. The summed E-state index contributed by atoms with van der Waals surface area (Å²) >= 11 is 0. The van der Waals surface area contributed by atoms with E-state index in [-0.39, 0.29) is 17.9 Å². The molecular weight excluding hydrogens is 318 g/mol. The Kier molecular flexibility index (Phi) is 7.73. The molecule has 0 saturated carbocycles. The van der Waals surface area contributed by atoms with Crippen LogP contribution in [0.3, 0.4) is 0 Å². The maximum atomic E-state index is 12.7. The Bertz CT molecular complexity index is 560. The normalized spacial score (nSPS) is 17.2. The van der Waals surface area contributed by atoms with Gasteiger partial charge in [0.2, 0.25) is 11.8 Å². The first kappa shape index (κ1) is 19.2. The molecule has 2 rings (SSSR count). The second kappa shape index (κ2) is 10.0. The van der Waals surface area contributed by atoms with E-state index < -0.39 is 0 Å². The lowest BCUT2D eigenvalue weighted by Crippen LogP contribution is -2.50. The number of carbonyl (C=O) groups is 2. The number of likely N-dealkylation sites (tertiary alicyclic amines) is 1. The van der Waals surface area contributed by atoms with E-state index in [1.54, 1.807) is 0 Å². The highest BCUT2D eigenvalue weighted by molar-refractivity contribution is 5.79. The van der Waals surface area contributed by atoms with Gasteiger partial charge in [0.1, 0.15) is 5.75 Å². The van der Waals surface area contributed by atoms with Crippen molar-refractivity contribution in [3.05, 3.63) is 29.8 Å². The molecule has 0 aromatic heterocycles. The predicted molar refractivity (Wildman–Crippen MR) is 97.3 cm³/mol. The minimum Gasteiger partial charge on any atom is -0.494 e. The number of nitrogens with two attached hydrogens (primary N) is 1. The number of amides is 2. The van der Waals surface area contributed by atoms with Crippen LogP contribution in [0.5, 0.6) is 5.75 Å². The van der Waals surface area contributed by atoms with E-state index in [2.05, 4.69) is 5.32 Å². The van der Waals surface area contributed by atoms with Gasteiger partial charge in [0.05, 0.1) is 13.0 Å². The SMILES string of the molecule is CCOc1ccc(CC(=O)N2CCCCC2CNC(=O)CCN)cc1. The van der Waals surface area contributed by atoms with Gasteiger partial charge in [0.25, 0.3) is 0 Å². The Labute approximate surface area is 149 Å². The zero-order valence-corrected chi connectivity index (χ0v) is 15.0. The molecule has 0 radical (unpaired) electrons. The molecule has 2 amide bonds. The smallest absolute Gasteiger partial charge is 0.227 e. The number of benzene rings is 1. The van der Waals surface area contributed by atoms with E-state index in [0.29, 0.717) is 32.5 Å². The van der Waals surface area contributed by atoms with Crippen LogP contribution in [0.15, 0.2) is 24.3 Å². The summed E-state index contributed by atoms with van der Waals surface area (Å²) in [4.78, 5) is 26.3. The Morgan fingerprint density at radius 3 is 2.72 bits per heavy atom. The van der Waals surface area contributed by atoms with Gasteiger partial charge in [-0.15, -0.1) is 0 Å². The van der Waals surface area contributed by atoms with E-state index >= 15 is 0 Å². The number of nitrogens with zero attached hydrogens (tertiary/aromatic N) is 1. The van der Waals surface area contributed by atoms with Crippen molar-refractivity contribution in [3.8, 4) is 5.75 Å². The molecule has 1 unspecified atom stereocenters. The van der Waals surface area contributed by atoms with Crippen molar-refractivity contribution in [1.29, 1.82) is 0 Å². The molecule has 1 fully saturated rings. The summed E-state index contributed by atoms with van der Waals surface area (Å²) in [5, 5.41) is 2.89. The maximum Gasteiger partial charge on any atom is 0.227 e. The Morgan fingerprint density at radius 2 is 2.04 bits per heavy atom. The zero-order chi connectivity index (χ0) is 18.1. The van der Waals surface area contributed by atoms with Crippen LogP contribution >= 0.6 is 0 Å². The second-order valence-corrected chi connectivity index (χ2v) is 6.33. The molecule has 1 aromatic carbocycles. The minimum atomic E-state index is -0.0491. The van der Waals surface area contributed by atoms with Crippen LogP contribution in [-0.2, 0) is 16.0 Å². The zero-order valence-electron chi connectivity index (χ0n) is 15.0. The van der Waals surface area contributed by atoms with E-state index in [1.807, 2.05) is 36.1 Å². The van der Waals surface area contributed by atoms with Gasteiger partial charge in [-0.05, 0) is 43.9 Å². The fourth-order valence-electron chi connectivity index (χ4n) is 3.14. The standard InChI is InChI=1S/C19H29N3O3/c1-2-25-17-8-6-15(7-9-17)13-19(24)22-12-4-3-5-16(22)14-21-18(23)10-11-20/h6-9,16H,2-5,10-14,20H2,1H3,(H,21,23). The molecule has 138 valence electrons. The first-order valence-electron chi connectivity index (χ1n) is 9.12. The summed E-state index contributed by atoms with van der Waals surface area (Å²) in [7, 11) is 0. The number of hydrogen-bond donors (Lipinski definition) is 2. The molecular formula is C19H29N3O3. The maximum absolute atomic E-state index is 12.7. The van der Waals surface area contributed by atoms with Gasteiger partial charge < -0.3 is 20.7 Å². The van der Waals surface area contributed by atoms with Crippen molar-refractivity contribution in [3.63, 3.8) is 0 Å². The monoisotopic (exact) mass is 347 g/mol. The molecule has 6 heteroatoms. The summed E-state index contributed by atoms with van der Waals surface area (Å²) in [5.41, 5.74) is 6.37. The molecule has 1 heterocycles. The average molecular weight is 347 g/mol. The van der Waals surface area contributed by atoms with Crippen LogP contribution in [0, 0.1) is 0 Å². The first-order chi connectivity index (χ1) is 12.1. The van der Waals surface area contributed by atoms with E-state index in [9.17, 15) is 9.59 Å². The van der Waals surface area contributed by atoms with E-state index in [0.717, 1.165) is 37.1 Å². The van der Waals surface area contributed by atoms with Crippen molar-refractivity contribution < 1.29 is 14.3 Å². The number of hydrogen-bond acceptors (Lipinski definition) is 4. The lowest BCUT2D eigenvalue weighted by Gasteiger charge is -2.36. The lowest BCUT2D eigenvalue weighted by molar-refractivity contribution is -0.134. The van der Waals surface area contributed by atoms with Gasteiger partial charge in [-0.1, -0.05) is 12.1 Å². The van der Waals surface area contributed by atoms with Gasteiger partial charge in [0, 0.05) is 32.1 Å². The molecule has 1 aliphatic heterocycles. The minimum absolute atomic E-state index is 0.0491. The quantitative estimate of drug-likeness (QED) is 0.746. The molecule has 1 aromatic rings. The van der Waals surface area contributed by atoms with Gasteiger partial charge in [0.15, 0.2) is 0 Å². The largest absolute Gasteiger partial charge is 0.494 e. The summed E-state index contributed by atoms with van der Waals surface area (Å²) in [6, 6.07) is 7.74. The highest BCUT2D eigenvalue weighted by Crippen LogP contribution is 2.19. The van der Waals surface area contributed by atoms with Crippen LogP contribution in [0.4, 0.5) is 0 Å². The third-order valence-electron chi connectivity index (χ3n) is 4.44. The Hall–Kier alpha value is -2.08. The molecule has 6 nitrogen and oxygen atoms in total. The molecule has 0 aliphatic carbocycles. The molecule has 25 heavy (non-hydrogen) atoms. The van der Waals surface area contributed by atoms with Crippen LogP contribution in [0.25, 0.3) is 0 Å². The van der Waals surface area contributed by atoms with Gasteiger partial charge in [-0.2, -0.15) is 0 Å². The van der Waals surface area contributed by atoms with Crippen LogP contribution in [0.1, 0.15) is 38.2 Å². The van der Waals surface area contributed by atoms with Crippen LogP contribution in [-0.4, -0.2) is 49.0 Å². The molecule has 1 atom stereocenters. The summed E-state index contributed by atoms with van der Waals surface area (Å²) in [6.07, 6.45) is 3.73. The highest BCUT2D eigenvalue weighted by atomic mass is 16.5. The fraction of sp³-hybridized carbons (Fsp3) is 0.579. The average Bonchev–Trinajstić information content (AvgIpc) is 2.62. The number of rotatable bonds is 8. The highest BCUT2D eigenvalue weighted by Gasteiger charge is 2.26. The van der Waals surface area contributed by atoms with E-state index in [1.165, 1.54) is 0 Å². The van der Waals surface area contributed by atoms with Crippen molar-refractivity contribution in [2.45, 2.75) is 45.1 Å². The van der Waals surface area contributed by atoms with Gasteiger partial charge >= 0.3 is 0 Å². The molecule has 1 saturated heterocycles. The summed E-state index contributed by atoms with van der Waals surface area (Å²) in [5.74, 6) is 0.881. The number of ether oxygens (including phenoxy) is 1. The van der Waals surface area contributed by atoms with Crippen LogP contribution < -0.4 is 15.8 Å². The summed E-state index contributed by atoms with van der Waals surface area (Å²) < 4.78 is 5.43. The number of nitrogens with one attached hydrogen (secondary N) is 1. The van der Waals surface area contributed by atoms with Crippen molar-refractivity contribution in [1.82, 2.24) is 10.2 Å². The molecule has 0 spiro atoms. The Balaban J connectivity index is 1.91. The Morgan fingerprint density at radius 1 is 1.28 bits per heavy atom. The third-order valence-corrected chi connectivity index (χ3v) is 4.44. The van der Waals surface area contributed by atoms with Gasteiger partial charge in [-0.3, -0.25) is 9.59 Å². The number of piperidine rings is 1. The second-order valence-electron chi connectivity index (χ2n) is 6.33. The molecule has 0 bridgehead atoms. The van der Waals surface area contributed by atoms with Crippen LogP contribution in [0.2, 0.25) is 0 Å². The first-order valence-corrected chi connectivity index (χ1v) is 9.12. The molecule has 3 N–H and O–H groups in total. The van der Waals surface area contributed by atoms with E-state index in [4.69, 9.17) is 10.5 Å². The molecule has 1 aliphatic rings. The number of carbonyl (C=O) groups excluding carboxylic acids is 2. The predicted octanol–water partition coefficient (Wildman–Crippen LogP) is 1.47. The topological polar surface area (TPSA) is 84.7 Å². The summed E-state index contributed by atoms with van der Waals surface area (Å²) in [6.45, 7) is 4.18. The lowest BCUT2D eigenvalue weighted by atomic mass is 10.0. The van der Waals surface area contributed by atoms with Crippen molar-refractivity contribution >= 4 is 11.8 Å². The van der Waals surface area contributed by atoms with Crippen molar-refractivity contribution in [2.75, 3.05) is 26.2 Å². The van der Waals surface area contributed by atoms with Crippen molar-refractivity contribution in [2.24, 2.45) is 5.73 Å². The fourth-order valence-corrected chi connectivity index (χ4v) is 3.14. The van der Waals surface area contributed by atoms with Gasteiger partial charge in [-0.25, -0.2) is 0 Å².